The first-order chi connectivity index (χ1) is 10.1. The summed E-state index contributed by atoms with van der Waals surface area (Å²) in [4.78, 5) is 5.18. The van der Waals surface area contributed by atoms with E-state index in [0.717, 1.165) is 23.8 Å². The highest BCUT2D eigenvalue weighted by Gasteiger charge is 2.32. The van der Waals surface area contributed by atoms with Crippen molar-refractivity contribution in [1.82, 2.24) is 15.1 Å². The second-order valence-corrected chi connectivity index (χ2v) is 7.74. The maximum atomic E-state index is 3.84. The number of nitrogens with zero attached hydrogens (tertiary/aromatic N) is 2. The fraction of sp³-hybridized carbons (Fsp3) is 1.00. The molecule has 0 aromatic rings. The minimum Gasteiger partial charge on any atom is -0.314 e. The zero-order valence-electron chi connectivity index (χ0n) is 14.8. The molecule has 1 aliphatic heterocycles. The molecule has 0 amide bonds. The molecular formula is C18H37N3. The summed E-state index contributed by atoms with van der Waals surface area (Å²) >= 11 is 0. The molecule has 2 fully saturated rings. The van der Waals surface area contributed by atoms with Crippen molar-refractivity contribution in [3.63, 3.8) is 0 Å². The lowest BCUT2D eigenvalue weighted by Gasteiger charge is -2.42. The van der Waals surface area contributed by atoms with Gasteiger partial charge in [0.05, 0.1) is 0 Å². The van der Waals surface area contributed by atoms with Crippen LogP contribution in [-0.4, -0.2) is 62.2 Å². The van der Waals surface area contributed by atoms with Gasteiger partial charge in [0.1, 0.15) is 0 Å². The highest BCUT2D eigenvalue weighted by molar-refractivity contribution is 4.88. The van der Waals surface area contributed by atoms with Crippen LogP contribution in [0.25, 0.3) is 0 Å². The van der Waals surface area contributed by atoms with Crippen LogP contribution in [-0.2, 0) is 0 Å². The van der Waals surface area contributed by atoms with Gasteiger partial charge in [0, 0.05) is 38.8 Å². The third kappa shape index (κ3) is 5.22. The summed E-state index contributed by atoms with van der Waals surface area (Å²) in [5.74, 6) is 2.66. The summed E-state index contributed by atoms with van der Waals surface area (Å²) < 4.78 is 0. The Kier molecular flexibility index (Phi) is 6.97. The average molecular weight is 296 g/mol. The predicted molar refractivity (Wildman–Crippen MR) is 91.7 cm³/mol. The Morgan fingerprint density at radius 2 is 1.81 bits per heavy atom. The van der Waals surface area contributed by atoms with E-state index in [1.54, 1.807) is 0 Å². The summed E-state index contributed by atoms with van der Waals surface area (Å²) in [7, 11) is 2.25. The zero-order chi connectivity index (χ0) is 15.2. The fourth-order valence-electron chi connectivity index (χ4n) is 4.07. The van der Waals surface area contributed by atoms with Gasteiger partial charge in [-0.15, -0.1) is 0 Å². The van der Waals surface area contributed by atoms with Crippen molar-refractivity contribution in [3.05, 3.63) is 0 Å². The Hall–Kier alpha value is -0.120. The molecule has 3 nitrogen and oxygen atoms in total. The molecule has 2 rings (SSSR count). The van der Waals surface area contributed by atoms with Gasteiger partial charge >= 0.3 is 0 Å². The van der Waals surface area contributed by atoms with Crippen LogP contribution in [0.4, 0.5) is 0 Å². The molecule has 124 valence electrons. The number of piperazine rings is 1. The van der Waals surface area contributed by atoms with E-state index in [4.69, 9.17) is 0 Å². The van der Waals surface area contributed by atoms with Crippen molar-refractivity contribution in [2.75, 3.05) is 46.3 Å². The molecule has 0 radical (unpaired) electrons. The molecular weight excluding hydrogens is 258 g/mol. The van der Waals surface area contributed by atoms with Gasteiger partial charge < -0.3 is 15.1 Å². The SMILES string of the molecule is CCCNC1CCC(C(C)C)CC1CN1CCN(C)CC1. The van der Waals surface area contributed by atoms with Crippen LogP contribution >= 0.6 is 0 Å². The van der Waals surface area contributed by atoms with Crippen molar-refractivity contribution >= 4 is 0 Å². The number of likely N-dealkylation sites (N-methyl/N-ethyl adjacent to an activating group) is 1. The smallest absolute Gasteiger partial charge is 0.0110 e. The van der Waals surface area contributed by atoms with E-state index in [1.807, 2.05) is 0 Å². The first-order valence-electron chi connectivity index (χ1n) is 9.24. The van der Waals surface area contributed by atoms with Crippen LogP contribution in [0.3, 0.4) is 0 Å². The van der Waals surface area contributed by atoms with Gasteiger partial charge in [0.15, 0.2) is 0 Å². The molecule has 3 unspecified atom stereocenters. The quantitative estimate of drug-likeness (QED) is 0.813. The molecule has 3 heteroatoms. The molecule has 1 saturated heterocycles. The van der Waals surface area contributed by atoms with Crippen LogP contribution in [0.1, 0.15) is 46.5 Å². The van der Waals surface area contributed by atoms with Crippen molar-refractivity contribution in [3.8, 4) is 0 Å². The van der Waals surface area contributed by atoms with Crippen LogP contribution in [0, 0.1) is 17.8 Å². The number of hydrogen-bond donors (Lipinski definition) is 1. The lowest BCUT2D eigenvalue weighted by Crippen LogP contribution is -2.51. The van der Waals surface area contributed by atoms with E-state index in [1.165, 1.54) is 65.0 Å². The first-order valence-corrected chi connectivity index (χ1v) is 9.24. The lowest BCUT2D eigenvalue weighted by molar-refractivity contribution is 0.0901. The molecule has 2 aliphatic rings. The van der Waals surface area contributed by atoms with Gasteiger partial charge in [-0.25, -0.2) is 0 Å². The largest absolute Gasteiger partial charge is 0.314 e. The van der Waals surface area contributed by atoms with E-state index in [-0.39, 0.29) is 0 Å². The summed E-state index contributed by atoms with van der Waals surface area (Å²) in [6.45, 7) is 14.6. The van der Waals surface area contributed by atoms with Crippen LogP contribution < -0.4 is 5.32 Å². The predicted octanol–water partition coefficient (Wildman–Crippen LogP) is 2.67. The summed E-state index contributed by atoms with van der Waals surface area (Å²) in [6.07, 6.45) is 5.51. The monoisotopic (exact) mass is 295 g/mol. The van der Waals surface area contributed by atoms with Crippen LogP contribution in [0.5, 0.6) is 0 Å². The summed E-state index contributed by atoms with van der Waals surface area (Å²) in [5, 5.41) is 3.84. The van der Waals surface area contributed by atoms with E-state index in [2.05, 4.69) is 42.9 Å². The standard InChI is InChI=1S/C18H37N3/c1-5-8-19-18-7-6-16(15(2)3)13-17(18)14-21-11-9-20(4)10-12-21/h15-19H,5-14H2,1-4H3. The highest BCUT2D eigenvalue weighted by atomic mass is 15.2. The van der Waals surface area contributed by atoms with Gasteiger partial charge in [0.25, 0.3) is 0 Å². The van der Waals surface area contributed by atoms with Crippen LogP contribution in [0.2, 0.25) is 0 Å². The van der Waals surface area contributed by atoms with E-state index in [9.17, 15) is 0 Å². The molecule has 0 spiro atoms. The summed E-state index contributed by atoms with van der Waals surface area (Å²) in [6, 6.07) is 0.764. The molecule has 1 saturated carbocycles. The molecule has 1 heterocycles. The number of hydrogen-bond acceptors (Lipinski definition) is 3. The van der Waals surface area contributed by atoms with Crippen LogP contribution in [0.15, 0.2) is 0 Å². The number of rotatable bonds is 6. The van der Waals surface area contributed by atoms with Gasteiger partial charge in [-0.05, 0) is 57.0 Å². The molecule has 1 N–H and O–H groups in total. The molecule has 3 atom stereocenters. The zero-order valence-corrected chi connectivity index (χ0v) is 14.8. The Morgan fingerprint density at radius 1 is 1.10 bits per heavy atom. The topological polar surface area (TPSA) is 18.5 Å². The maximum absolute atomic E-state index is 3.84. The molecule has 1 aliphatic carbocycles. The maximum Gasteiger partial charge on any atom is 0.0110 e. The van der Waals surface area contributed by atoms with Gasteiger partial charge in [-0.2, -0.15) is 0 Å². The minimum atomic E-state index is 0.764. The average Bonchev–Trinajstić information content (AvgIpc) is 2.48. The van der Waals surface area contributed by atoms with Crippen molar-refractivity contribution < 1.29 is 0 Å². The second kappa shape index (κ2) is 8.50. The van der Waals surface area contributed by atoms with Crippen molar-refractivity contribution in [1.29, 1.82) is 0 Å². The fourth-order valence-corrected chi connectivity index (χ4v) is 4.07. The normalized spacial score (nSPS) is 32.7. The molecule has 21 heavy (non-hydrogen) atoms. The van der Waals surface area contributed by atoms with Gasteiger partial charge in [0.2, 0.25) is 0 Å². The van der Waals surface area contributed by atoms with E-state index in [0.29, 0.717) is 0 Å². The third-order valence-corrected chi connectivity index (χ3v) is 5.71. The molecule has 0 aromatic heterocycles. The highest BCUT2D eigenvalue weighted by Crippen LogP contribution is 2.34. The Labute approximate surface area is 132 Å². The Bertz CT molecular complexity index is 284. The Morgan fingerprint density at radius 3 is 2.43 bits per heavy atom. The Balaban J connectivity index is 1.89. The summed E-state index contributed by atoms with van der Waals surface area (Å²) in [5.41, 5.74) is 0. The second-order valence-electron chi connectivity index (χ2n) is 7.74. The number of nitrogens with one attached hydrogen (secondary N) is 1. The minimum absolute atomic E-state index is 0.764. The van der Waals surface area contributed by atoms with E-state index >= 15 is 0 Å². The van der Waals surface area contributed by atoms with Gasteiger partial charge in [-0.1, -0.05) is 20.8 Å². The third-order valence-electron chi connectivity index (χ3n) is 5.71. The molecule has 0 aromatic carbocycles. The van der Waals surface area contributed by atoms with E-state index < -0.39 is 0 Å². The first kappa shape index (κ1) is 17.2. The van der Waals surface area contributed by atoms with Crippen molar-refractivity contribution in [2.24, 2.45) is 17.8 Å². The molecule has 0 bridgehead atoms. The van der Waals surface area contributed by atoms with Crippen molar-refractivity contribution in [2.45, 2.75) is 52.5 Å². The van der Waals surface area contributed by atoms with Gasteiger partial charge in [-0.3, -0.25) is 0 Å². The lowest BCUT2D eigenvalue weighted by atomic mass is 9.73.